The highest BCUT2D eigenvalue weighted by Crippen LogP contribution is 2.43. The summed E-state index contributed by atoms with van der Waals surface area (Å²) in [6, 6.07) is 16.0. The SMILES string of the molecule is Cc1cc(-c2cc(C)ccc2OCc2ccc([C@H]3CC[C@H](C(F)(F)F)CC3)cc2)nc(-n2ncc(OC(=O)O)c2C(F)(F)F)c1. The van der Waals surface area contributed by atoms with E-state index in [1.54, 1.807) is 25.1 Å². The number of rotatable bonds is 7. The predicted octanol–water partition coefficient (Wildman–Crippen LogP) is 9.04. The molecular formula is C32H29F6N3O4. The van der Waals surface area contributed by atoms with Crippen LogP contribution in [0.25, 0.3) is 17.1 Å². The van der Waals surface area contributed by atoms with Gasteiger partial charge in [0.25, 0.3) is 0 Å². The Morgan fingerprint density at radius 1 is 0.911 bits per heavy atom. The first-order valence-corrected chi connectivity index (χ1v) is 14.1. The molecule has 13 heteroatoms. The van der Waals surface area contributed by atoms with E-state index >= 15 is 0 Å². The number of alkyl halides is 6. The van der Waals surface area contributed by atoms with Crippen LogP contribution in [0.3, 0.4) is 0 Å². The number of carbonyl (C=O) groups is 1. The van der Waals surface area contributed by atoms with Gasteiger partial charge in [0, 0.05) is 5.56 Å². The van der Waals surface area contributed by atoms with Crippen LogP contribution in [0.5, 0.6) is 11.5 Å². The van der Waals surface area contributed by atoms with Crippen molar-refractivity contribution in [2.24, 2.45) is 5.92 Å². The molecule has 0 unspecified atom stereocenters. The van der Waals surface area contributed by atoms with Crippen molar-refractivity contribution in [3.63, 3.8) is 0 Å². The van der Waals surface area contributed by atoms with Crippen LogP contribution >= 0.6 is 0 Å². The molecule has 0 saturated heterocycles. The van der Waals surface area contributed by atoms with Gasteiger partial charge in [-0.25, -0.2) is 14.5 Å². The molecule has 2 aromatic heterocycles. The third kappa shape index (κ3) is 7.40. The second-order valence-corrected chi connectivity index (χ2v) is 11.1. The lowest BCUT2D eigenvalue weighted by Gasteiger charge is -2.30. The smallest absolute Gasteiger partial charge is 0.488 e. The molecular weight excluding hydrogens is 604 g/mol. The summed E-state index contributed by atoms with van der Waals surface area (Å²) in [5.74, 6) is -1.92. The molecule has 0 aliphatic heterocycles. The van der Waals surface area contributed by atoms with Crippen LogP contribution in [0.15, 0.2) is 60.8 Å². The molecule has 1 aliphatic carbocycles. The fraction of sp³-hybridized carbons (Fsp3) is 0.344. The Morgan fingerprint density at radius 3 is 2.22 bits per heavy atom. The van der Waals surface area contributed by atoms with Crippen molar-refractivity contribution in [3.05, 3.63) is 88.7 Å². The zero-order chi connectivity index (χ0) is 32.5. The Morgan fingerprint density at radius 2 is 1.60 bits per heavy atom. The molecule has 2 aromatic carbocycles. The van der Waals surface area contributed by atoms with Crippen LogP contribution in [-0.2, 0) is 12.8 Å². The Labute approximate surface area is 254 Å². The van der Waals surface area contributed by atoms with Gasteiger partial charge in [-0.2, -0.15) is 31.4 Å². The number of ether oxygens (including phenoxy) is 2. The standard InChI is InChI=1S/C32H29F6N3O4/c1-18-3-12-26(44-17-20-4-6-21(7-5-20)22-8-10-23(11-9-22)31(33,34)35)24(13-18)25-14-19(2)15-28(40-25)41-29(32(36,37)38)27(16-39-41)45-30(42)43/h3-7,12-16,22-23H,8-11,17H2,1-2H3,(H,42,43)/t22-,23-. The molecule has 0 amide bonds. The summed E-state index contributed by atoms with van der Waals surface area (Å²) >= 11 is 0. The van der Waals surface area contributed by atoms with Crippen LogP contribution in [0, 0.1) is 19.8 Å². The number of nitrogens with zero attached hydrogens (tertiary/aromatic N) is 3. The Kier molecular flexibility index (Phi) is 8.81. The van der Waals surface area contributed by atoms with Gasteiger partial charge >= 0.3 is 18.5 Å². The van der Waals surface area contributed by atoms with Gasteiger partial charge in [-0.3, -0.25) is 0 Å². The van der Waals surface area contributed by atoms with E-state index in [0.717, 1.165) is 16.7 Å². The minimum Gasteiger partial charge on any atom is -0.488 e. The van der Waals surface area contributed by atoms with Gasteiger partial charge in [-0.1, -0.05) is 35.9 Å². The molecule has 2 heterocycles. The quantitative estimate of drug-likeness (QED) is 0.161. The van der Waals surface area contributed by atoms with Crippen molar-refractivity contribution in [2.45, 2.75) is 64.4 Å². The molecule has 1 N–H and O–H groups in total. The molecule has 238 valence electrons. The number of halogens is 6. The molecule has 0 atom stereocenters. The minimum atomic E-state index is -5.00. The van der Waals surface area contributed by atoms with E-state index in [-0.39, 0.29) is 31.2 Å². The van der Waals surface area contributed by atoms with Crippen LogP contribution in [-0.4, -0.2) is 32.2 Å². The Hall–Kier alpha value is -4.55. The minimum absolute atomic E-state index is 0.0725. The first-order valence-electron chi connectivity index (χ1n) is 14.1. The summed E-state index contributed by atoms with van der Waals surface area (Å²) in [5.41, 5.74) is 2.61. The van der Waals surface area contributed by atoms with E-state index in [1.165, 1.54) is 6.07 Å². The van der Waals surface area contributed by atoms with Crippen molar-refractivity contribution in [2.75, 3.05) is 0 Å². The van der Waals surface area contributed by atoms with Gasteiger partial charge in [0.15, 0.2) is 17.3 Å². The molecule has 7 nitrogen and oxygen atoms in total. The number of pyridine rings is 1. The lowest BCUT2D eigenvalue weighted by molar-refractivity contribution is -0.182. The van der Waals surface area contributed by atoms with E-state index in [1.807, 2.05) is 37.3 Å². The molecule has 45 heavy (non-hydrogen) atoms. The monoisotopic (exact) mass is 633 g/mol. The third-order valence-corrected chi connectivity index (χ3v) is 7.82. The molecule has 0 radical (unpaired) electrons. The lowest BCUT2D eigenvalue weighted by Crippen LogP contribution is -2.27. The first-order chi connectivity index (χ1) is 21.2. The van der Waals surface area contributed by atoms with Crippen LogP contribution in [0.1, 0.15) is 59.5 Å². The maximum atomic E-state index is 13.9. The Bertz CT molecular complexity index is 1670. The molecule has 5 rings (SSSR count). The summed E-state index contributed by atoms with van der Waals surface area (Å²) in [6.07, 6.45) is -9.18. The van der Waals surface area contributed by atoms with E-state index in [4.69, 9.17) is 9.84 Å². The highest BCUT2D eigenvalue weighted by atomic mass is 19.4. The number of benzene rings is 2. The maximum absolute atomic E-state index is 13.9. The normalized spacial score (nSPS) is 17.2. The predicted molar refractivity (Wildman–Crippen MR) is 151 cm³/mol. The fourth-order valence-electron chi connectivity index (χ4n) is 5.60. The summed E-state index contributed by atoms with van der Waals surface area (Å²) < 4.78 is 91.9. The van der Waals surface area contributed by atoms with E-state index in [0.29, 0.717) is 46.3 Å². The van der Waals surface area contributed by atoms with Crippen molar-refractivity contribution >= 4 is 6.16 Å². The van der Waals surface area contributed by atoms with Gasteiger partial charge in [0.2, 0.25) is 0 Å². The molecule has 1 saturated carbocycles. The van der Waals surface area contributed by atoms with Crippen LogP contribution < -0.4 is 9.47 Å². The lowest BCUT2D eigenvalue weighted by atomic mass is 9.78. The van der Waals surface area contributed by atoms with Gasteiger partial charge in [-0.05, 0) is 86.4 Å². The zero-order valence-electron chi connectivity index (χ0n) is 24.2. The topological polar surface area (TPSA) is 86.5 Å². The molecule has 1 aliphatic rings. The highest BCUT2D eigenvalue weighted by Gasteiger charge is 2.42. The molecule has 0 spiro atoms. The van der Waals surface area contributed by atoms with Gasteiger partial charge in [0.05, 0.1) is 17.8 Å². The van der Waals surface area contributed by atoms with Crippen LogP contribution in [0.4, 0.5) is 31.1 Å². The fourth-order valence-corrected chi connectivity index (χ4v) is 5.60. The van der Waals surface area contributed by atoms with Crippen molar-refractivity contribution in [1.29, 1.82) is 0 Å². The van der Waals surface area contributed by atoms with Crippen molar-refractivity contribution in [1.82, 2.24) is 14.8 Å². The zero-order valence-corrected chi connectivity index (χ0v) is 24.2. The van der Waals surface area contributed by atoms with E-state index < -0.39 is 35.9 Å². The molecule has 1 fully saturated rings. The summed E-state index contributed by atoms with van der Waals surface area (Å²) in [6.45, 7) is 3.67. The number of hydrogen-bond donors (Lipinski definition) is 1. The first kappa shape index (κ1) is 31.9. The second-order valence-electron chi connectivity index (χ2n) is 11.1. The summed E-state index contributed by atoms with van der Waals surface area (Å²) in [5, 5.41) is 12.6. The van der Waals surface area contributed by atoms with Crippen LogP contribution in [0.2, 0.25) is 0 Å². The van der Waals surface area contributed by atoms with Gasteiger partial charge in [0.1, 0.15) is 12.4 Å². The average molecular weight is 634 g/mol. The summed E-state index contributed by atoms with van der Waals surface area (Å²) in [4.78, 5) is 15.4. The maximum Gasteiger partial charge on any atom is 0.511 e. The van der Waals surface area contributed by atoms with E-state index in [2.05, 4.69) is 14.8 Å². The average Bonchev–Trinajstić information content (AvgIpc) is 3.40. The number of aromatic nitrogens is 3. The third-order valence-electron chi connectivity index (χ3n) is 7.82. The number of aryl methyl sites for hydroxylation is 2. The Balaban J connectivity index is 1.37. The molecule has 4 aromatic rings. The number of hydrogen-bond acceptors (Lipinski definition) is 5. The number of carboxylic acid groups (broad SMARTS) is 1. The second kappa shape index (κ2) is 12.4. The highest BCUT2D eigenvalue weighted by molar-refractivity contribution is 5.69. The van der Waals surface area contributed by atoms with Gasteiger partial charge in [-0.15, -0.1) is 0 Å². The molecule has 0 bridgehead atoms. The largest absolute Gasteiger partial charge is 0.511 e. The van der Waals surface area contributed by atoms with E-state index in [9.17, 15) is 31.1 Å². The van der Waals surface area contributed by atoms with Gasteiger partial charge < -0.3 is 14.6 Å². The summed E-state index contributed by atoms with van der Waals surface area (Å²) in [7, 11) is 0. The van der Waals surface area contributed by atoms with Crippen molar-refractivity contribution in [3.8, 4) is 28.6 Å². The van der Waals surface area contributed by atoms with Crippen molar-refractivity contribution < 1.29 is 45.7 Å².